The number of hydrogen-bond acceptors (Lipinski definition) is 5. The average molecular weight is 287 g/mol. The lowest BCUT2D eigenvalue weighted by Gasteiger charge is -2.37. The zero-order valence-electron chi connectivity index (χ0n) is 12.5. The summed E-state index contributed by atoms with van der Waals surface area (Å²) in [6.45, 7) is 2.14. The van der Waals surface area contributed by atoms with Crippen LogP contribution < -0.4 is 5.73 Å². The molecule has 1 unspecified atom stereocenters. The Balaban J connectivity index is 1.71. The largest absolute Gasteiger partial charge is 0.399 e. The number of hydrogen-bond donors (Lipinski definition) is 1. The standard InChI is InChI=1S/C16H21N3O2/c1-11(12-4-6-13(17)7-5-12)10-14-18-15(19-21-14)16(20-2)8-3-9-16/h4-7,11H,3,8-10,17H2,1-2H3. The summed E-state index contributed by atoms with van der Waals surface area (Å²) in [7, 11) is 1.71. The van der Waals surface area contributed by atoms with Crippen LogP contribution in [0.4, 0.5) is 5.69 Å². The molecule has 1 fully saturated rings. The van der Waals surface area contributed by atoms with Crippen LogP contribution in [-0.2, 0) is 16.8 Å². The van der Waals surface area contributed by atoms with Gasteiger partial charge in [-0.15, -0.1) is 0 Å². The number of methoxy groups -OCH3 is 1. The molecule has 1 aliphatic carbocycles. The third kappa shape index (κ3) is 2.65. The number of rotatable bonds is 5. The van der Waals surface area contributed by atoms with Gasteiger partial charge in [0.25, 0.3) is 0 Å². The maximum atomic E-state index is 5.71. The lowest BCUT2D eigenvalue weighted by molar-refractivity contribution is -0.0858. The summed E-state index contributed by atoms with van der Waals surface area (Å²) in [5.74, 6) is 1.66. The van der Waals surface area contributed by atoms with Crippen LogP contribution in [-0.4, -0.2) is 17.3 Å². The Bertz CT molecular complexity index is 597. The van der Waals surface area contributed by atoms with Crippen molar-refractivity contribution in [3.05, 3.63) is 41.5 Å². The second-order valence-electron chi connectivity index (χ2n) is 5.84. The lowest BCUT2D eigenvalue weighted by atomic mass is 9.79. The topological polar surface area (TPSA) is 74.2 Å². The number of aromatic nitrogens is 2. The van der Waals surface area contributed by atoms with Gasteiger partial charge in [0.15, 0.2) is 0 Å². The molecule has 1 atom stereocenters. The van der Waals surface area contributed by atoms with Crippen molar-refractivity contribution >= 4 is 5.69 Å². The Morgan fingerprint density at radius 1 is 1.33 bits per heavy atom. The lowest BCUT2D eigenvalue weighted by Crippen LogP contribution is -2.37. The predicted molar refractivity (Wildman–Crippen MR) is 79.8 cm³/mol. The van der Waals surface area contributed by atoms with E-state index in [0.717, 1.165) is 31.4 Å². The first-order valence-electron chi connectivity index (χ1n) is 7.36. The summed E-state index contributed by atoms with van der Waals surface area (Å²) in [4.78, 5) is 4.53. The van der Waals surface area contributed by atoms with Crippen molar-refractivity contribution in [1.29, 1.82) is 0 Å². The van der Waals surface area contributed by atoms with E-state index in [4.69, 9.17) is 15.0 Å². The monoisotopic (exact) mass is 287 g/mol. The maximum absolute atomic E-state index is 5.71. The first kappa shape index (κ1) is 14.1. The van der Waals surface area contributed by atoms with Crippen molar-refractivity contribution in [3.8, 4) is 0 Å². The molecule has 1 saturated carbocycles. The van der Waals surface area contributed by atoms with Gasteiger partial charge in [-0.2, -0.15) is 4.98 Å². The van der Waals surface area contributed by atoms with Crippen molar-refractivity contribution in [2.24, 2.45) is 0 Å². The Kier molecular flexibility index (Phi) is 3.68. The predicted octanol–water partition coefficient (Wildman–Crippen LogP) is 3.02. The molecule has 0 radical (unpaired) electrons. The van der Waals surface area contributed by atoms with Gasteiger partial charge >= 0.3 is 0 Å². The molecule has 1 aromatic carbocycles. The molecule has 0 saturated heterocycles. The van der Waals surface area contributed by atoms with Gasteiger partial charge in [0.2, 0.25) is 11.7 Å². The first-order chi connectivity index (χ1) is 10.1. The highest BCUT2D eigenvalue weighted by Crippen LogP contribution is 2.42. The Morgan fingerprint density at radius 2 is 2.05 bits per heavy atom. The van der Waals surface area contributed by atoms with E-state index in [1.165, 1.54) is 5.56 Å². The van der Waals surface area contributed by atoms with Crippen LogP contribution in [0.1, 0.15) is 49.4 Å². The highest BCUT2D eigenvalue weighted by Gasteiger charge is 2.43. The van der Waals surface area contributed by atoms with Gasteiger partial charge in [0.1, 0.15) is 5.60 Å². The molecule has 0 amide bonds. The van der Waals surface area contributed by atoms with Crippen molar-refractivity contribution in [2.75, 3.05) is 12.8 Å². The number of nitrogens with two attached hydrogens (primary N) is 1. The van der Waals surface area contributed by atoms with Crippen LogP contribution in [0.2, 0.25) is 0 Å². The zero-order chi connectivity index (χ0) is 14.9. The van der Waals surface area contributed by atoms with E-state index in [1.54, 1.807) is 7.11 Å². The summed E-state index contributed by atoms with van der Waals surface area (Å²) in [5, 5.41) is 4.11. The third-order valence-electron chi connectivity index (χ3n) is 4.41. The SMILES string of the molecule is COC1(c2noc(CC(C)c3ccc(N)cc3)n2)CCC1. The fourth-order valence-electron chi connectivity index (χ4n) is 2.74. The number of nitrogen functional groups attached to an aromatic ring is 1. The van der Waals surface area contributed by atoms with Gasteiger partial charge in [0, 0.05) is 19.2 Å². The molecule has 112 valence electrons. The van der Waals surface area contributed by atoms with Crippen LogP contribution in [0.25, 0.3) is 0 Å². The molecule has 5 nitrogen and oxygen atoms in total. The van der Waals surface area contributed by atoms with Crippen molar-refractivity contribution in [1.82, 2.24) is 10.1 Å². The van der Waals surface area contributed by atoms with Crippen LogP contribution in [0.5, 0.6) is 0 Å². The minimum Gasteiger partial charge on any atom is -0.399 e. The van der Waals surface area contributed by atoms with Gasteiger partial charge in [-0.1, -0.05) is 24.2 Å². The molecule has 21 heavy (non-hydrogen) atoms. The summed E-state index contributed by atoms with van der Waals surface area (Å²) in [6, 6.07) is 7.92. The highest BCUT2D eigenvalue weighted by molar-refractivity contribution is 5.40. The van der Waals surface area contributed by atoms with Gasteiger partial charge in [0.05, 0.1) is 0 Å². The quantitative estimate of drug-likeness (QED) is 0.856. The summed E-state index contributed by atoms with van der Waals surface area (Å²) >= 11 is 0. The smallest absolute Gasteiger partial charge is 0.227 e. The normalized spacial score (nSPS) is 18.2. The molecular formula is C16H21N3O2. The Morgan fingerprint density at radius 3 is 2.62 bits per heavy atom. The Hall–Kier alpha value is -1.88. The zero-order valence-corrected chi connectivity index (χ0v) is 12.5. The van der Waals surface area contributed by atoms with E-state index in [2.05, 4.69) is 17.1 Å². The van der Waals surface area contributed by atoms with Crippen LogP contribution in [0.3, 0.4) is 0 Å². The minimum absolute atomic E-state index is 0.304. The molecule has 1 aromatic heterocycles. The second kappa shape index (κ2) is 5.48. The number of nitrogens with zero attached hydrogens (tertiary/aromatic N) is 2. The molecule has 1 aliphatic rings. The molecule has 2 aromatic rings. The summed E-state index contributed by atoms with van der Waals surface area (Å²) < 4.78 is 11.0. The molecule has 1 heterocycles. The first-order valence-corrected chi connectivity index (χ1v) is 7.36. The molecule has 5 heteroatoms. The number of ether oxygens (including phenoxy) is 1. The van der Waals surface area contributed by atoms with E-state index in [0.29, 0.717) is 17.6 Å². The highest BCUT2D eigenvalue weighted by atomic mass is 16.5. The van der Waals surface area contributed by atoms with E-state index in [1.807, 2.05) is 24.3 Å². The number of benzene rings is 1. The van der Waals surface area contributed by atoms with Crippen molar-refractivity contribution in [2.45, 2.75) is 44.1 Å². The van der Waals surface area contributed by atoms with Crippen molar-refractivity contribution in [3.63, 3.8) is 0 Å². The average Bonchev–Trinajstić information content (AvgIpc) is 2.87. The molecule has 2 N–H and O–H groups in total. The third-order valence-corrected chi connectivity index (χ3v) is 4.41. The Labute approximate surface area is 124 Å². The van der Waals surface area contributed by atoms with Crippen molar-refractivity contribution < 1.29 is 9.26 Å². The maximum Gasteiger partial charge on any atom is 0.227 e. The van der Waals surface area contributed by atoms with E-state index in [-0.39, 0.29) is 5.60 Å². The molecular weight excluding hydrogens is 266 g/mol. The van der Waals surface area contributed by atoms with E-state index >= 15 is 0 Å². The van der Waals surface area contributed by atoms with Crippen LogP contribution in [0.15, 0.2) is 28.8 Å². The fourth-order valence-corrected chi connectivity index (χ4v) is 2.74. The van der Waals surface area contributed by atoms with E-state index in [9.17, 15) is 0 Å². The van der Waals surface area contributed by atoms with Gasteiger partial charge in [-0.25, -0.2) is 0 Å². The fraction of sp³-hybridized carbons (Fsp3) is 0.500. The van der Waals surface area contributed by atoms with Crippen LogP contribution in [0, 0.1) is 0 Å². The molecule has 0 aliphatic heterocycles. The summed E-state index contributed by atoms with van der Waals surface area (Å²) in [6.07, 6.45) is 3.81. The molecule has 0 bridgehead atoms. The van der Waals surface area contributed by atoms with Gasteiger partial charge < -0.3 is 15.0 Å². The van der Waals surface area contributed by atoms with Crippen LogP contribution >= 0.6 is 0 Å². The summed E-state index contributed by atoms with van der Waals surface area (Å²) in [5.41, 5.74) is 7.39. The minimum atomic E-state index is -0.313. The second-order valence-corrected chi connectivity index (χ2v) is 5.84. The van der Waals surface area contributed by atoms with E-state index < -0.39 is 0 Å². The molecule has 3 rings (SSSR count). The molecule has 0 spiro atoms. The number of anilines is 1. The van der Waals surface area contributed by atoms with Gasteiger partial charge in [-0.05, 0) is 42.9 Å². The van der Waals surface area contributed by atoms with Gasteiger partial charge in [-0.3, -0.25) is 0 Å².